The summed E-state index contributed by atoms with van der Waals surface area (Å²) >= 11 is 6.02. The third-order valence-corrected chi connectivity index (χ3v) is 4.52. The first-order chi connectivity index (χ1) is 12.8. The van der Waals surface area contributed by atoms with Gasteiger partial charge >= 0.3 is 0 Å². The molecule has 6 nitrogen and oxygen atoms in total. The summed E-state index contributed by atoms with van der Waals surface area (Å²) in [5, 5.41) is 5.05. The number of benzene rings is 2. The van der Waals surface area contributed by atoms with Gasteiger partial charge in [-0.2, -0.15) is 0 Å². The molecule has 0 spiro atoms. The second kappa shape index (κ2) is 7.88. The maximum Gasteiger partial charge on any atom is 0.276 e. The molecular formula is C20H22ClN3O3. The van der Waals surface area contributed by atoms with Gasteiger partial charge in [-0.05, 0) is 43.2 Å². The molecule has 7 heteroatoms. The summed E-state index contributed by atoms with van der Waals surface area (Å²) in [7, 11) is 0. The lowest BCUT2D eigenvalue weighted by molar-refractivity contribution is -0.128. The van der Waals surface area contributed by atoms with E-state index in [9.17, 15) is 9.59 Å². The number of carbonyl (C=O) groups excluding carboxylic acids is 2. The van der Waals surface area contributed by atoms with Gasteiger partial charge in [0.05, 0.1) is 5.56 Å². The number of fused-ring (bicyclic) bond motifs is 1. The second-order valence-corrected chi connectivity index (χ2v) is 7.27. The first kappa shape index (κ1) is 19.0. The van der Waals surface area contributed by atoms with E-state index in [1.165, 1.54) is 5.01 Å². The summed E-state index contributed by atoms with van der Waals surface area (Å²) < 4.78 is 5.49. The Balaban J connectivity index is 1.72. The van der Waals surface area contributed by atoms with E-state index in [-0.39, 0.29) is 24.6 Å². The summed E-state index contributed by atoms with van der Waals surface area (Å²) in [4.78, 5) is 25.3. The van der Waals surface area contributed by atoms with Gasteiger partial charge in [0.25, 0.3) is 11.8 Å². The fourth-order valence-electron chi connectivity index (χ4n) is 2.83. The number of hydrogen-bond acceptors (Lipinski definition) is 4. The first-order valence-corrected chi connectivity index (χ1v) is 9.11. The maximum absolute atomic E-state index is 12.9. The topological polar surface area (TPSA) is 70.7 Å². The lowest BCUT2D eigenvalue weighted by atomic mass is 10.0. The molecule has 1 unspecified atom stereocenters. The van der Waals surface area contributed by atoms with Crippen LogP contribution in [0.3, 0.4) is 0 Å². The van der Waals surface area contributed by atoms with Crippen molar-refractivity contribution in [1.29, 1.82) is 0 Å². The number of aryl methyl sites for hydroxylation is 1. The molecule has 2 aromatic rings. The van der Waals surface area contributed by atoms with Gasteiger partial charge in [0.15, 0.2) is 6.61 Å². The van der Waals surface area contributed by atoms with Crippen LogP contribution in [0.15, 0.2) is 42.5 Å². The molecule has 1 aliphatic rings. The number of halogens is 1. The number of nitrogens with one attached hydrogen (secondary N) is 2. The number of hydrogen-bond donors (Lipinski definition) is 2. The van der Waals surface area contributed by atoms with Crippen LogP contribution in [0.4, 0.5) is 5.69 Å². The average molecular weight is 388 g/mol. The van der Waals surface area contributed by atoms with Crippen molar-refractivity contribution >= 4 is 29.1 Å². The molecule has 1 aliphatic heterocycles. The van der Waals surface area contributed by atoms with Gasteiger partial charge < -0.3 is 10.1 Å². The Kier molecular flexibility index (Phi) is 5.56. The van der Waals surface area contributed by atoms with E-state index in [4.69, 9.17) is 16.3 Å². The van der Waals surface area contributed by atoms with Crippen LogP contribution in [-0.2, 0) is 4.79 Å². The molecule has 2 amide bonds. The predicted octanol–water partition coefficient (Wildman–Crippen LogP) is 3.61. The molecule has 142 valence electrons. The lowest BCUT2D eigenvalue weighted by Gasteiger charge is -2.39. The molecule has 27 heavy (non-hydrogen) atoms. The predicted molar refractivity (Wildman–Crippen MR) is 105 cm³/mol. The third kappa shape index (κ3) is 4.34. The van der Waals surface area contributed by atoms with E-state index >= 15 is 0 Å². The molecule has 0 bridgehead atoms. The Morgan fingerprint density at radius 3 is 2.63 bits per heavy atom. The van der Waals surface area contributed by atoms with E-state index in [0.717, 1.165) is 5.56 Å². The monoisotopic (exact) mass is 387 g/mol. The van der Waals surface area contributed by atoms with Gasteiger partial charge in [-0.1, -0.05) is 43.1 Å². The number of anilines is 1. The number of carbonyl (C=O) groups is 2. The molecule has 1 heterocycles. The smallest absolute Gasteiger partial charge is 0.276 e. The van der Waals surface area contributed by atoms with Gasteiger partial charge in [0.2, 0.25) is 0 Å². The summed E-state index contributed by atoms with van der Waals surface area (Å²) in [5.74, 6) is -0.0667. The van der Waals surface area contributed by atoms with Crippen molar-refractivity contribution in [3.8, 4) is 5.75 Å². The van der Waals surface area contributed by atoms with Crippen LogP contribution in [0.25, 0.3) is 0 Å². The minimum Gasteiger partial charge on any atom is -0.484 e. The minimum absolute atomic E-state index is 0.0658. The van der Waals surface area contributed by atoms with Crippen LogP contribution in [0.2, 0.25) is 5.02 Å². The second-order valence-electron chi connectivity index (χ2n) is 6.83. The van der Waals surface area contributed by atoms with Crippen LogP contribution < -0.4 is 15.5 Å². The Hall–Kier alpha value is -2.73. The van der Waals surface area contributed by atoms with Gasteiger partial charge in [-0.15, -0.1) is 0 Å². The number of hydrazine groups is 1. The molecule has 0 saturated heterocycles. The summed E-state index contributed by atoms with van der Waals surface area (Å²) in [6.07, 6.45) is -0.380. The highest BCUT2D eigenvalue weighted by atomic mass is 35.5. The number of rotatable bonds is 5. The van der Waals surface area contributed by atoms with E-state index < -0.39 is 5.91 Å². The first-order valence-electron chi connectivity index (χ1n) is 8.74. The third-order valence-electron chi connectivity index (χ3n) is 4.28. The molecule has 2 aromatic carbocycles. The minimum atomic E-state index is -0.415. The van der Waals surface area contributed by atoms with E-state index in [2.05, 4.69) is 10.7 Å². The van der Waals surface area contributed by atoms with E-state index in [0.29, 0.717) is 22.0 Å². The molecule has 0 saturated carbocycles. The Morgan fingerprint density at radius 1 is 1.26 bits per heavy atom. The van der Waals surface area contributed by atoms with Gasteiger partial charge in [-0.25, -0.2) is 5.01 Å². The van der Waals surface area contributed by atoms with Crippen molar-refractivity contribution in [3.63, 3.8) is 0 Å². The van der Waals surface area contributed by atoms with Crippen LogP contribution in [0.1, 0.15) is 29.8 Å². The molecule has 2 N–H and O–H groups in total. The zero-order chi connectivity index (χ0) is 19.6. The van der Waals surface area contributed by atoms with Crippen molar-refractivity contribution in [2.45, 2.75) is 26.9 Å². The van der Waals surface area contributed by atoms with Crippen molar-refractivity contribution in [3.05, 3.63) is 58.6 Å². The molecular weight excluding hydrogens is 366 g/mol. The highest BCUT2D eigenvalue weighted by Gasteiger charge is 2.35. The quantitative estimate of drug-likeness (QED) is 0.822. The standard InChI is InChI=1S/C20H22ClN3O3/c1-12(2)19-22-17-9-6-14(21)10-16(17)20(26)24(19)23-18(25)11-27-15-7-4-13(3)5-8-15/h4-10,12,19,22H,11H2,1-3H3,(H,23,25). The van der Waals surface area contributed by atoms with Crippen molar-refractivity contribution in [1.82, 2.24) is 10.4 Å². The highest BCUT2D eigenvalue weighted by Crippen LogP contribution is 2.29. The summed E-state index contributed by atoms with van der Waals surface area (Å²) in [6, 6.07) is 12.5. The molecule has 0 radical (unpaired) electrons. The molecule has 1 atom stereocenters. The summed E-state index contributed by atoms with van der Waals surface area (Å²) in [6.45, 7) is 5.71. The van der Waals surface area contributed by atoms with Crippen LogP contribution in [0.5, 0.6) is 5.75 Å². The lowest BCUT2D eigenvalue weighted by Crippen LogP contribution is -2.59. The Labute approximate surface area is 163 Å². The zero-order valence-electron chi connectivity index (χ0n) is 15.5. The SMILES string of the molecule is Cc1ccc(OCC(=O)NN2C(=O)c3cc(Cl)ccc3NC2C(C)C)cc1. The van der Waals surface area contributed by atoms with Gasteiger partial charge in [0, 0.05) is 10.7 Å². The van der Waals surface area contributed by atoms with Crippen molar-refractivity contribution in [2.75, 3.05) is 11.9 Å². The molecule has 3 rings (SSSR count). The molecule has 0 fully saturated rings. The van der Waals surface area contributed by atoms with Crippen LogP contribution in [-0.4, -0.2) is 29.6 Å². The fourth-order valence-corrected chi connectivity index (χ4v) is 3.01. The number of ether oxygens (including phenoxy) is 1. The average Bonchev–Trinajstić information content (AvgIpc) is 2.63. The largest absolute Gasteiger partial charge is 0.484 e. The maximum atomic E-state index is 12.9. The van der Waals surface area contributed by atoms with E-state index in [1.807, 2.05) is 32.9 Å². The Morgan fingerprint density at radius 2 is 1.96 bits per heavy atom. The highest BCUT2D eigenvalue weighted by molar-refractivity contribution is 6.31. The van der Waals surface area contributed by atoms with Crippen LogP contribution >= 0.6 is 11.6 Å². The molecule has 0 aromatic heterocycles. The molecule has 0 aliphatic carbocycles. The van der Waals surface area contributed by atoms with Crippen molar-refractivity contribution < 1.29 is 14.3 Å². The zero-order valence-corrected chi connectivity index (χ0v) is 16.2. The van der Waals surface area contributed by atoms with Crippen LogP contribution in [0, 0.1) is 12.8 Å². The van der Waals surface area contributed by atoms with Gasteiger partial charge in [0.1, 0.15) is 11.9 Å². The normalized spacial score (nSPS) is 16.0. The van der Waals surface area contributed by atoms with Gasteiger partial charge in [-0.3, -0.25) is 15.0 Å². The fraction of sp³-hybridized carbons (Fsp3) is 0.300. The number of nitrogens with zero attached hydrogens (tertiary/aromatic N) is 1. The van der Waals surface area contributed by atoms with E-state index in [1.54, 1.807) is 30.3 Å². The number of amides is 2. The Bertz CT molecular complexity index is 852. The summed E-state index contributed by atoms with van der Waals surface area (Å²) in [5.41, 5.74) is 4.88. The van der Waals surface area contributed by atoms with Crippen molar-refractivity contribution in [2.24, 2.45) is 5.92 Å².